The molecule has 0 bridgehead atoms. The van der Waals surface area contributed by atoms with Crippen molar-refractivity contribution in [2.75, 3.05) is 5.32 Å². The molecule has 0 fully saturated rings. The minimum Gasteiger partial charge on any atom is -0.406 e. The molecule has 0 radical (unpaired) electrons. The Morgan fingerprint density at radius 3 is 2.68 bits per heavy atom. The Hall–Kier alpha value is -2.83. The first kappa shape index (κ1) is 15.6. The Labute approximate surface area is 124 Å². The summed E-state index contributed by atoms with van der Waals surface area (Å²) in [5, 5.41) is 2.44. The van der Waals surface area contributed by atoms with Crippen molar-refractivity contribution in [1.29, 1.82) is 0 Å². The van der Waals surface area contributed by atoms with E-state index in [9.17, 15) is 18.0 Å². The van der Waals surface area contributed by atoms with Crippen LogP contribution in [0.15, 0.2) is 54.7 Å². The molecular weight excluding hydrogens is 297 g/mol. The fourth-order valence-corrected chi connectivity index (χ4v) is 1.59. The highest BCUT2D eigenvalue weighted by Gasteiger charge is 2.31. The highest BCUT2D eigenvalue weighted by Crippen LogP contribution is 2.24. The molecule has 114 valence electrons. The number of nitrogens with zero attached hydrogens (tertiary/aromatic N) is 1. The number of rotatable bonds is 4. The molecule has 2 aromatic rings. The van der Waals surface area contributed by atoms with Gasteiger partial charge in [0.1, 0.15) is 5.75 Å². The second kappa shape index (κ2) is 6.75. The maximum absolute atomic E-state index is 12.1. The minimum atomic E-state index is -4.78. The van der Waals surface area contributed by atoms with Crippen LogP contribution in [0, 0.1) is 0 Å². The molecular formula is C15H11F3N2O2. The van der Waals surface area contributed by atoms with Crippen molar-refractivity contribution in [3.05, 3.63) is 60.4 Å². The molecule has 1 amide bonds. The number of hydrogen-bond donors (Lipinski definition) is 1. The van der Waals surface area contributed by atoms with E-state index in [0.717, 1.165) is 12.1 Å². The van der Waals surface area contributed by atoms with Gasteiger partial charge in [0.05, 0.1) is 5.69 Å². The van der Waals surface area contributed by atoms with Crippen LogP contribution in [0.2, 0.25) is 0 Å². The number of halogens is 3. The summed E-state index contributed by atoms with van der Waals surface area (Å²) in [5.41, 5.74) is 0.782. The standard InChI is InChI=1S/C15H11F3N2O2/c16-15(17,18)22-13-6-3-5-12(10-13)20-14(21)8-7-11-4-1-2-9-19-11/h1-10H,(H,20,21)/b8-7+. The van der Waals surface area contributed by atoms with E-state index in [2.05, 4.69) is 15.0 Å². The number of anilines is 1. The monoisotopic (exact) mass is 308 g/mol. The average molecular weight is 308 g/mol. The Bertz CT molecular complexity index is 670. The molecule has 1 aromatic carbocycles. The zero-order valence-electron chi connectivity index (χ0n) is 11.2. The van der Waals surface area contributed by atoms with Gasteiger partial charge in [-0.15, -0.1) is 13.2 Å². The molecule has 7 heteroatoms. The summed E-state index contributed by atoms with van der Waals surface area (Å²) in [6.07, 6.45) is -0.470. The summed E-state index contributed by atoms with van der Waals surface area (Å²) < 4.78 is 40.1. The first-order valence-electron chi connectivity index (χ1n) is 6.18. The molecule has 0 unspecified atom stereocenters. The van der Waals surface area contributed by atoms with Crippen LogP contribution in [0.1, 0.15) is 5.69 Å². The van der Waals surface area contributed by atoms with Crippen LogP contribution in [-0.4, -0.2) is 17.3 Å². The number of pyridine rings is 1. The van der Waals surface area contributed by atoms with Gasteiger partial charge >= 0.3 is 6.36 Å². The van der Waals surface area contributed by atoms with Gasteiger partial charge in [0, 0.05) is 24.0 Å². The van der Waals surface area contributed by atoms with Crippen molar-refractivity contribution < 1.29 is 22.7 Å². The number of carbonyl (C=O) groups is 1. The van der Waals surface area contributed by atoms with E-state index in [1.807, 2.05) is 0 Å². The highest BCUT2D eigenvalue weighted by molar-refractivity contribution is 6.01. The fraction of sp³-hybridized carbons (Fsp3) is 0.0667. The Morgan fingerprint density at radius 2 is 2.00 bits per heavy atom. The largest absolute Gasteiger partial charge is 0.573 e. The van der Waals surface area contributed by atoms with E-state index in [1.54, 1.807) is 24.4 Å². The summed E-state index contributed by atoms with van der Waals surface area (Å²) >= 11 is 0. The van der Waals surface area contributed by atoms with Crippen LogP contribution in [0.4, 0.5) is 18.9 Å². The van der Waals surface area contributed by atoms with Crippen molar-refractivity contribution in [1.82, 2.24) is 4.98 Å². The molecule has 0 atom stereocenters. The summed E-state index contributed by atoms with van der Waals surface area (Å²) in [6, 6.07) is 10.2. The van der Waals surface area contributed by atoms with Gasteiger partial charge in [-0.05, 0) is 30.3 Å². The van der Waals surface area contributed by atoms with Gasteiger partial charge in [-0.2, -0.15) is 0 Å². The lowest BCUT2D eigenvalue weighted by molar-refractivity contribution is -0.274. The van der Waals surface area contributed by atoms with E-state index in [-0.39, 0.29) is 5.69 Å². The van der Waals surface area contributed by atoms with Crippen molar-refractivity contribution >= 4 is 17.7 Å². The lowest BCUT2D eigenvalue weighted by atomic mass is 10.3. The molecule has 0 saturated carbocycles. The third-order valence-corrected chi connectivity index (χ3v) is 2.43. The lowest BCUT2D eigenvalue weighted by Crippen LogP contribution is -2.17. The molecule has 2 rings (SSSR count). The second-order valence-corrected chi connectivity index (χ2v) is 4.15. The van der Waals surface area contributed by atoms with Crippen LogP contribution >= 0.6 is 0 Å². The number of amides is 1. The summed E-state index contributed by atoms with van der Waals surface area (Å²) in [5.74, 6) is -0.895. The van der Waals surface area contributed by atoms with Gasteiger partial charge in [-0.1, -0.05) is 12.1 Å². The van der Waals surface area contributed by atoms with E-state index >= 15 is 0 Å². The topological polar surface area (TPSA) is 51.2 Å². The number of carbonyl (C=O) groups excluding carboxylic acids is 1. The third-order valence-electron chi connectivity index (χ3n) is 2.43. The van der Waals surface area contributed by atoms with Gasteiger partial charge < -0.3 is 10.1 Å². The smallest absolute Gasteiger partial charge is 0.406 e. The highest BCUT2D eigenvalue weighted by atomic mass is 19.4. The molecule has 22 heavy (non-hydrogen) atoms. The van der Waals surface area contributed by atoms with Crippen LogP contribution in [0.3, 0.4) is 0 Å². The molecule has 4 nitrogen and oxygen atoms in total. The number of benzene rings is 1. The van der Waals surface area contributed by atoms with Crippen molar-refractivity contribution in [2.45, 2.75) is 6.36 Å². The van der Waals surface area contributed by atoms with Crippen molar-refractivity contribution in [3.63, 3.8) is 0 Å². The molecule has 0 aliphatic rings. The molecule has 0 spiro atoms. The van der Waals surface area contributed by atoms with Crippen LogP contribution in [-0.2, 0) is 4.79 Å². The summed E-state index contributed by atoms with van der Waals surface area (Å²) in [6.45, 7) is 0. The first-order chi connectivity index (χ1) is 10.4. The van der Waals surface area contributed by atoms with Gasteiger partial charge in [0.25, 0.3) is 0 Å². The van der Waals surface area contributed by atoms with E-state index in [1.165, 1.54) is 24.3 Å². The number of alkyl halides is 3. The number of aromatic nitrogens is 1. The van der Waals surface area contributed by atoms with E-state index in [0.29, 0.717) is 5.69 Å². The Kier molecular flexibility index (Phi) is 4.77. The summed E-state index contributed by atoms with van der Waals surface area (Å²) in [7, 11) is 0. The van der Waals surface area contributed by atoms with E-state index < -0.39 is 18.0 Å². The molecule has 1 heterocycles. The van der Waals surface area contributed by atoms with Crippen LogP contribution < -0.4 is 10.1 Å². The second-order valence-electron chi connectivity index (χ2n) is 4.15. The zero-order valence-corrected chi connectivity index (χ0v) is 11.2. The number of ether oxygens (including phenoxy) is 1. The SMILES string of the molecule is O=C(/C=C/c1ccccn1)Nc1cccc(OC(F)(F)F)c1. The van der Waals surface area contributed by atoms with Gasteiger partial charge in [-0.25, -0.2) is 0 Å². The summed E-state index contributed by atoms with van der Waals surface area (Å²) in [4.78, 5) is 15.7. The molecule has 1 aromatic heterocycles. The molecule has 0 saturated heterocycles. The molecule has 1 N–H and O–H groups in total. The average Bonchev–Trinajstić information content (AvgIpc) is 2.45. The minimum absolute atomic E-state index is 0.192. The van der Waals surface area contributed by atoms with Gasteiger partial charge in [-0.3, -0.25) is 9.78 Å². The first-order valence-corrected chi connectivity index (χ1v) is 6.18. The van der Waals surface area contributed by atoms with Crippen LogP contribution in [0.25, 0.3) is 6.08 Å². The van der Waals surface area contributed by atoms with Gasteiger partial charge in [0.15, 0.2) is 0 Å². The van der Waals surface area contributed by atoms with Crippen molar-refractivity contribution in [2.24, 2.45) is 0 Å². The predicted molar refractivity (Wildman–Crippen MR) is 75.0 cm³/mol. The fourth-order valence-electron chi connectivity index (χ4n) is 1.59. The van der Waals surface area contributed by atoms with E-state index in [4.69, 9.17) is 0 Å². The molecule has 0 aliphatic carbocycles. The molecule has 0 aliphatic heterocycles. The number of nitrogens with one attached hydrogen (secondary N) is 1. The van der Waals surface area contributed by atoms with Gasteiger partial charge in [0.2, 0.25) is 5.91 Å². The maximum atomic E-state index is 12.1. The number of hydrogen-bond acceptors (Lipinski definition) is 3. The zero-order chi connectivity index (χ0) is 16.0. The Morgan fingerprint density at radius 1 is 1.18 bits per heavy atom. The Balaban J connectivity index is 2.00. The van der Waals surface area contributed by atoms with Crippen LogP contribution in [0.5, 0.6) is 5.75 Å². The third kappa shape index (κ3) is 5.28. The quantitative estimate of drug-likeness (QED) is 0.878. The lowest BCUT2D eigenvalue weighted by Gasteiger charge is -2.10. The van der Waals surface area contributed by atoms with Crippen molar-refractivity contribution in [3.8, 4) is 5.75 Å². The normalized spacial score (nSPS) is 11.4. The maximum Gasteiger partial charge on any atom is 0.573 e. The predicted octanol–water partition coefficient (Wildman–Crippen LogP) is 3.63.